The normalized spacial score (nSPS) is 15.1. The van der Waals surface area contributed by atoms with E-state index in [1.165, 1.54) is 32.1 Å². The van der Waals surface area contributed by atoms with Gasteiger partial charge in [-0.3, -0.25) is 20.2 Å². The van der Waals surface area contributed by atoms with Gasteiger partial charge in [-0.05, 0) is 18.2 Å². The van der Waals surface area contributed by atoms with Gasteiger partial charge in [-0.15, -0.1) is 0 Å². The minimum atomic E-state index is -1.40. The monoisotopic (exact) mass is 414 g/mol. The van der Waals surface area contributed by atoms with E-state index in [0.717, 1.165) is 18.2 Å². The molecule has 1 saturated heterocycles. The molecule has 0 unspecified atom stereocenters. The Labute approximate surface area is 168 Å². The first kappa shape index (κ1) is 20.5. The van der Waals surface area contributed by atoms with Crippen LogP contribution in [0.4, 0.5) is 11.4 Å². The van der Waals surface area contributed by atoms with Crippen LogP contribution in [0.15, 0.2) is 48.0 Å². The van der Waals surface area contributed by atoms with Gasteiger partial charge in [0.1, 0.15) is 11.3 Å². The van der Waals surface area contributed by atoms with E-state index in [9.17, 15) is 29.8 Å². The summed E-state index contributed by atoms with van der Waals surface area (Å²) in [7, 11) is 0. The third kappa shape index (κ3) is 4.24. The predicted molar refractivity (Wildman–Crippen MR) is 101 cm³/mol. The van der Waals surface area contributed by atoms with E-state index in [0.29, 0.717) is 0 Å². The molecule has 1 fully saturated rings. The van der Waals surface area contributed by atoms with E-state index in [1.807, 2.05) is 0 Å². The zero-order chi connectivity index (χ0) is 22.1. The summed E-state index contributed by atoms with van der Waals surface area (Å²) < 4.78 is 15.6. The van der Waals surface area contributed by atoms with Crippen molar-refractivity contribution in [3.8, 4) is 11.5 Å². The molecule has 11 nitrogen and oxygen atoms in total. The summed E-state index contributed by atoms with van der Waals surface area (Å²) in [5, 5.41) is 22.2. The minimum Gasteiger partial charge on any atom is -0.449 e. The number of esters is 2. The molecule has 30 heavy (non-hydrogen) atoms. The van der Waals surface area contributed by atoms with Crippen LogP contribution in [0, 0.1) is 20.2 Å². The number of nitro groups is 2. The number of nitrogens with zero attached hydrogens (tertiary/aromatic N) is 2. The Morgan fingerprint density at radius 3 is 2.17 bits per heavy atom. The molecule has 0 spiro atoms. The summed E-state index contributed by atoms with van der Waals surface area (Å²) in [4.78, 5) is 44.9. The molecule has 2 aromatic rings. The van der Waals surface area contributed by atoms with Crippen molar-refractivity contribution in [3.05, 3.63) is 73.8 Å². The molecule has 1 aliphatic rings. The molecular formula is C19H14N2O9. The second-order valence-corrected chi connectivity index (χ2v) is 6.54. The zero-order valence-electron chi connectivity index (χ0n) is 15.7. The van der Waals surface area contributed by atoms with Crippen LogP contribution in [0.5, 0.6) is 11.5 Å². The lowest BCUT2D eigenvalue weighted by atomic mass is 10.1. The highest BCUT2D eigenvalue weighted by Crippen LogP contribution is 2.36. The Balaban J connectivity index is 2.00. The second kappa shape index (κ2) is 7.62. The average molecular weight is 414 g/mol. The number of nitro benzene ring substituents is 2. The molecule has 0 N–H and O–H groups in total. The van der Waals surface area contributed by atoms with Gasteiger partial charge in [0, 0.05) is 25.5 Å². The molecule has 0 atom stereocenters. The first-order chi connectivity index (χ1) is 14.1. The number of hydrogen-bond donors (Lipinski definition) is 0. The molecule has 0 bridgehead atoms. The van der Waals surface area contributed by atoms with Gasteiger partial charge in [-0.1, -0.05) is 18.2 Å². The van der Waals surface area contributed by atoms with E-state index in [2.05, 4.69) is 0 Å². The molecule has 11 heteroatoms. The fraction of sp³-hybridized carbons (Fsp3) is 0.158. The fourth-order valence-corrected chi connectivity index (χ4v) is 2.59. The molecule has 1 aliphatic heterocycles. The van der Waals surface area contributed by atoms with Gasteiger partial charge in [0.15, 0.2) is 0 Å². The lowest BCUT2D eigenvalue weighted by Crippen LogP contribution is -2.41. The molecular weight excluding hydrogens is 400 g/mol. The van der Waals surface area contributed by atoms with Crippen LogP contribution in [-0.4, -0.2) is 27.6 Å². The number of carbonyl (C=O) groups is 2. The summed E-state index contributed by atoms with van der Waals surface area (Å²) in [5.41, 5.74) is -1.25. The number of cyclic esters (lactones) is 2. The molecule has 154 valence electrons. The quantitative estimate of drug-likeness (QED) is 0.235. The number of para-hydroxylation sites is 1. The fourth-order valence-electron chi connectivity index (χ4n) is 2.59. The van der Waals surface area contributed by atoms with Gasteiger partial charge < -0.3 is 14.2 Å². The van der Waals surface area contributed by atoms with Gasteiger partial charge in [-0.2, -0.15) is 0 Å². The van der Waals surface area contributed by atoms with Gasteiger partial charge in [0.25, 0.3) is 11.5 Å². The standard InChI is InChI=1S/C19H14N2O9/c1-19(2)29-17(22)13(18(23)30-19)9-11-5-3-4-6-15(11)28-16-8-7-12(20(24)25)10-14(16)21(26)27/h3-10H,1-2H3. The zero-order valence-corrected chi connectivity index (χ0v) is 15.7. The van der Waals surface area contributed by atoms with Crippen molar-refractivity contribution >= 4 is 29.4 Å². The van der Waals surface area contributed by atoms with Crippen LogP contribution in [0.25, 0.3) is 6.08 Å². The molecule has 0 aliphatic carbocycles. The first-order valence-corrected chi connectivity index (χ1v) is 8.45. The van der Waals surface area contributed by atoms with Gasteiger partial charge in [0.2, 0.25) is 5.75 Å². The minimum absolute atomic E-state index is 0.0624. The molecule has 0 saturated carbocycles. The Morgan fingerprint density at radius 1 is 0.933 bits per heavy atom. The lowest BCUT2D eigenvalue weighted by Gasteiger charge is -2.29. The molecule has 1 heterocycles. The Morgan fingerprint density at radius 2 is 1.57 bits per heavy atom. The molecule has 0 aromatic heterocycles. The van der Waals surface area contributed by atoms with E-state index in [4.69, 9.17) is 14.2 Å². The molecule has 3 rings (SSSR count). The Bertz CT molecular complexity index is 1080. The third-order valence-corrected chi connectivity index (χ3v) is 3.91. The first-order valence-electron chi connectivity index (χ1n) is 8.45. The van der Waals surface area contributed by atoms with Crippen LogP contribution in [0.1, 0.15) is 19.4 Å². The highest BCUT2D eigenvalue weighted by molar-refractivity contribution is 6.19. The van der Waals surface area contributed by atoms with Crippen molar-refractivity contribution in [2.24, 2.45) is 0 Å². The number of benzene rings is 2. The summed E-state index contributed by atoms with van der Waals surface area (Å²) in [6, 6.07) is 9.02. The van der Waals surface area contributed by atoms with Crippen molar-refractivity contribution in [2.75, 3.05) is 0 Å². The third-order valence-electron chi connectivity index (χ3n) is 3.91. The number of non-ortho nitro benzene ring substituents is 1. The van der Waals surface area contributed by atoms with Crippen LogP contribution >= 0.6 is 0 Å². The summed E-state index contributed by atoms with van der Waals surface area (Å²) in [5.74, 6) is -3.39. The topological polar surface area (TPSA) is 148 Å². The largest absolute Gasteiger partial charge is 0.449 e. The molecule has 2 aromatic carbocycles. The number of carbonyl (C=O) groups excluding carboxylic acids is 2. The Hall–Kier alpha value is -4.28. The smallest absolute Gasteiger partial charge is 0.348 e. The van der Waals surface area contributed by atoms with Crippen molar-refractivity contribution in [2.45, 2.75) is 19.6 Å². The lowest BCUT2D eigenvalue weighted by molar-refractivity contribution is -0.394. The van der Waals surface area contributed by atoms with Gasteiger partial charge >= 0.3 is 17.6 Å². The predicted octanol–water partition coefficient (Wildman–Crippen LogP) is 3.51. The number of ether oxygens (including phenoxy) is 3. The summed E-state index contributed by atoms with van der Waals surface area (Å²) in [6.07, 6.45) is 1.17. The second-order valence-electron chi connectivity index (χ2n) is 6.54. The van der Waals surface area contributed by atoms with E-state index >= 15 is 0 Å². The van der Waals surface area contributed by atoms with E-state index < -0.39 is 38.9 Å². The highest BCUT2D eigenvalue weighted by atomic mass is 16.7. The maximum Gasteiger partial charge on any atom is 0.348 e. The van der Waals surface area contributed by atoms with Crippen molar-refractivity contribution in [3.63, 3.8) is 0 Å². The average Bonchev–Trinajstić information content (AvgIpc) is 2.65. The maximum absolute atomic E-state index is 12.2. The molecule has 0 amide bonds. The molecule has 0 radical (unpaired) electrons. The summed E-state index contributed by atoms with van der Waals surface area (Å²) >= 11 is 0. The maximum atomic E-state index is 12.2. The van der Waals surface area contributed by atoms with Gasteiger partial charge in [0.05, 0.1) is 15.9 Å². The van der Waals surface area contributed by atoms with E-state index in [1.54, 1.807) is 12.1 Å². The van der Waals surface area contributed by atoms with Crippen LogP contribution in [0.3, 0.4) is 0 Å². The van der Waals surface area contributed by atoms with Gasteiger partial charge in [-0.25, -0.2) is 9.59 Å². The summed E-state index contributed by atoms with van der Waals surface area (Å²) in [6.45, 7) is 2.81. The van der Waals surface area contributed by atoms with Crippen LogP contribution in [-0.2, 0) is 19.1 Å². The highest BCUT2D eigenvalue weighted by Gasteiger charge is 2.39. The van der Waals surface area contributed by atoms with Crippen molar-refractivity contribution in [1.82, 2.24) is 0 Å². The number of rotatable bonds is 5. The Kier molecular flexibility index (Phi) is 5.20. The van der Waals surface area contributed by atoms with Crippen LogP contribution in [0.2, 0.25) is 0 Å². The van der Waals surface area contributed by atoms with Crippen molar-refractivity contribution in [1.29, 1.82) is 0 Å². The SMILES string of the molecule is CC1(C)OC(=O)C(=Cc2ccccc2Oc2ccc([N+](=O)[O-])cc2[N+](=O)[O-])C(=O)O1. The van der Waals surface area contributed by atoms with E-state index in [-0.39, 0.29) is 22.6 Å². The van der Waals surface area contributed by atoms with Crippen LogP contribution < -0.4 is 4.74 Å². The van der Waals surface area contributed by atoms with Crippen molar-refractivity contribution < 1.29 is 33.6 Å². The number of hydrogen-bond acceptors (Lipinski definition) is 9.